The van der Waals surface area contributed by atoms with Crippen molar-refractivity contribution in [2.75, 3.05) is 6.54 Å². The third kappa shape index (κ3) is 4.02. The van der Waals surface area contributed by atoms with Gasteiger partial charge in [-0.1, -0.05) is 26.2 Å². The van der Waals surface area contributed by atoms with Crippen LogP contribution in [0.5, 0.6) is 0 Å². The van der Waals surface area contributed by atoms with Crippen LogP contribution in [0.1, 0.15) is 43.9 Å². The second kappa shape index (κ2) is 6.83. The molecule has 2 rings (SSSR count). The summed E-state index contributed by atoms with van der Waals surface area (Å²) in [5.41, 5.74) is 0. The topological polar surface area (TPSA) is 58.2 Å². The molecule has 0 atom stereocenters. The van der Waals surface area contributed by atoms with Crippen molar-refractivity contribution in [3.05, 3.63) is 16.3 Å². The van der Waals surface area contributed by atoms with Gasteiger partial charge in [-0.15, -0.1) is 11.3 Å². The summed E-state index contributed by atoms with van der Waals surface area (Å²) in [4.78, 5) is 1.34. The molecule has 108 valence electrons. The number of sulfonamides is 1. The number of thiophene rings is 1. The minimum absolute atomic E-state index is 0.116. The Labute approximate surface area is 119 Å². The summed E-state index contributed by atoms with van der Waals surface area (Å²) in [6.45, 7) is 3.48. The fourth-order valence-corrected chi connectivity index (χ4v) is 5.16. The molecule has 4 nitrogen and oxygen atoms in total. The standard InChI is InChI=1S/C13H22N2O2S2/c1-2-14-10-12-13(8-9-18-12)19(16,17)15-11-6-4-3-5-7-11/h8-9,11,14-15H,2-7,10H2,1H3. The van der Waals surface area contributed by atoms with Crippen molar-refractivity contribution in [1.29, 1.82) is 0 Å². The Kier molecular flexibility index (Phi) is 5.38. The number of nitrogens with one attached hydrogen (secondary N) is 2. The van der Waals surface area contributed by atoms with Crippen LogP contribution in [-0.4, -0.2) is 21.0 Å². The average Bonchev–Trinajstić information content (AvgIpc) is 2.86. The summed E-state index contributed by atoms with van der Waals surface area (Å²) in [7, 11) is -3.36. The SMILES string of the molecule is CCNCc1sccc1S(=O)(=O)NC1CCCCC1. The molecule has 2 N–H and O–H groups in total. The lowest BCUT2D eigenvalue weighted by Crippen LogP contribution is -2.36. The summed E-state index contributed by atoms with van der Waals surface area (Å²) < 4.78 is 27.7. The maximum atomic E-state index is 12.4. The van der Waals surface area contributed by atoms with E-state index in [9.17, 15) is 8.42 Å². The first-order valence-corrected chi connectivity index (χ1v) is 9.29. The maximum absolute atomic E-state index is 12.4. The molecule has 19 heavy (non-hydrogen) atoms. The smallest absolute Gasteiger partial charge is 0.241 e. The average molecular weight is 302 g/mol. The molecule has 0 amide bonds. The van der Waals surface area contributed by atoms with Gasteiger partial charge >= 0.3 is 0 Å². The summed E-state index contributed by atoms with van der Waals surface area (Å²) >= 11 is 1.50. The summed E-state index contributed by atoms with van der Waals surface area (Å²) in [6, 6.07) is 1.83. The monoisotopic (exact) mass is 302 g/mol. The molecule has 0 saturated heterocycles. The van der Waals surface area contributed by atoms with Crippen molar-refractivity contribution in [1.82, 2.24) is 10.0 Å². The van der Waals surface area contributed by atoms with E-state index in [1.54, 1.807) is 6.07 Å². The van der Waals surface area contributed by atoms with Gasteiger partial charge in [0.25, 0.3) is 0 Å². The van der Waals surface area contributed by atoms with E-state index in [2.05, 4.69) is 10.0 Å². The molecule has 0 spiro atoms. The van der Waals surface area contributed by atoms with Crippen LogP contribution in [0.25, 0.3) is 0 Å². The Morgan fingerprint density at radius 3 is 2.74 bits per heavy atom. The molecule has 1 aromatic heterocycles. The highest BCUT2D eigenvalue weighted by Gasteiger charge is 2.24. The first kappa shape index (κ1) is 15.0. The Bertz CT molecular complexity index is 490. The molecule has 0 unspecified atom stereocenters. The highest BCUT2D eigenvalue weighted by molar-refractivity contribution is 7.89. The molecule has 0 bridgehead atoms. The molecule has 1 aromatic rings. The van der Waals surface area contributed by atoms with Crippen molar-refractivity contribution in [2.24, 2.45) is 0 Å². The van der Waals surface area contributed by atoms with E-state index in [-0.39, 0.29) is 6.04 Å². The molecular weight excluding hydrogens is 280 g/mol. The lowest BCUT2D eigenvalue weighted by Gasteiger charge is -2.22. The van der Waals surface area contributed by atoms with Gasteiger partial charge in [0.2, 0.25) is 10.0 Å². The van der Waals surface area contributed by atoms with Crippen molar-refractivity contribution in [2.45, 2.75) is 56.5 Å². The third-order valence-electron chi connectivity index (χ3n) is 3.46. The van der Waals surface area contributed by atoms with Crippen molar-refractivity contribution in [3.8, 4) is 0 Å². The summed E-state index contributed by atoms with van der Waals surface area (Å²) in [5.74, 6) is 0. The van der Waals surface area contributed by atoms with E-state index < -0.39 is 10.0 Å². The predicted octanol–water partition coefficient (Wildman–Crippen LogP) is 2.47. The second-order valence-corrected chi connectivity index (χ2v) is 7.63. The largest absolute Gasteiger partial charge is 0.312 e. The van der Waals surface area contributed by atoms with Crippen LogP contribution in [0.3, 0.4) is 0 Å². The van der Waals surface area contributed by atoms with Crippen molar-refractivity contribution < 1.29 is 8.42 Å². The van der Waals surface area contributed by atoms with Crippen LogP contribution in [-0.2, 0) is 16.6 Å². The second-order valence-electron chi connectivity index (χ2n) is 4.94. The number of hydrogen-bond acceptors (Lipinski definition) is 4. The first-order chi connectivity index (χ1) is 9.13. The fourth-order valence-electron chi connectivity index (χ4n) is 2.44. The summed E-state index contributed by atoms with van der Waals surface area (Å²) in [6.07, 6.45) is 5.41. The molecular formula is C13H22N2O2S2. The Hall–Kier alpha value is -0.430. The highest BCUT2D eigenvalue weighted by atomic mass is 32.2. The van der Waals surface area contributed by atoms with Gasteiger partial charge in [-0.05, 0) is 30.8 Å². The van der Waals surface area contributed by atoms with Crippen LogP contribution >= 0.6 is 11.3 Å². The molecule has 0 aliphatic heterocycles. The van der Waals surface area contributed by atoms with Gasteiger partial charge in [0.15, 0.2) is 0 Å². The van der Waals surface area contributed by atoms with E-state index >= 15 is 0 Å². The van der Waals surface area contributed by atoms with Crippen molar-refractivity contribution in [3.63, 3.8) is 0 Å². The quantitative estimate of drug-likeness (QED) is 0.848. The lowest BCUT2D eigenvalue weighted by molar-refractivity contribution is 0.412. The van der Waals surface area contributed by atoms with Crippen LogP contribution in [0.4, 0.5) is 0 Å². The highest BCUT2D eigenvalue weighted by Crippen LogP contribution is 2.24. The molecule has 0 aromatic carbocycles. The van der Waals surface area contributed by atoms with Crippen LogP contribution in [0.15, 0.2) is 16.3 Å². The van der Waals surface area contributed by atoms with Gasteiger partial charge in [0.05, 0.1) is 4.90 Å². The van der Waals surface area contributed by atoms with Crippen LogP contribution in [0.2, 0.25) is 0 Å². The molecule has 1 heterocycles. The predicted molar refractivity (Wildman–Crippen MR) is 78.9 cm³/mol. The van der Waals surface area contributed by atoms with E-state index in [4.69, 9.17) is 0 Å². The maximum Gasteiger partial charge on any atom is 0.241 e. The summed E-state index contributed by atoms with van der Waals surface area (Å²) in [5, 5.41) is 5.03. The van der Waals surface area contributed by atoms with Gasteiger partial charge in [-0.25, -0.2) is 13.1 Å². The molecule has 1 fully saturated rings. The number of rotatable bonds is 6. The Morgan fingerprint density at radius 1 is 1.32 bits per heavy atom. The minimum atomic E-state index is -3.36. The molecule has 1 saturated carbocycles. The van der Waals surface area contributed by atoms with Crippen LogP contribution in [0, 0.1) is 0 Å². The van der Waals surface area contributed by atoms with E-state index in [0.717, 1.165) is 37.1 Å². The fraction of sp³-hybridized carbons (Fsp3) is 0.692. The third-order valence-corrected chi connectivity index (χ3v) is 6.11. The van der Waals surface area contributed by atoms with E-state index in [1.165, 1.54) is 17.8 Å². The van der Waals surface area contributed by atoms with Gasteiger partial charge in [-0.2, -0.15) is 0 Å². The number of hydrogen-bond donors (Lipinski definition) is 2. The zero-order valence-electron chi connectivity index (χ0n) is 11.3. The van der Waals surface area contributed by atoms with E-state index in [1.807, 2.05) is 12.3 Å². The van der Waals surface area contributed by atoms with Crippen molar-refractivity contribution >= 4 is 21.4 Å². The van der Waals surface area contributed by atoms with Gasteiger partial charge in [-0.3, -0.25) is 0 Å². The minimum Gasteiger partial charge on any atom is -0.312 e. The first-order valence-electron chi connectivity index (χ1n) is 6.93. The van der Waals surface area contributed by atoms with Gasteiger partial charge in [0.1, 0.15) is 0 Å². The normalized spacial score (nSPS) is 17.7. The molecule has 1 aliphatic carbocycles. The van der Waals surface area contributed by atoms with Gasteiger partial charge in [0, 0.05) is 17.5 Å². The lowest BCUT2D eigenvalue weighted by atomic mass is 9.96. The van der Waals surface area contributed by atoms with E-state index in [0.29, 0.717) is 11.4 Å². The molecule has 1 aliphatic rings. The van der Waals surface area contributed by atoms with Crippen LogP contribution < -0.4 is 10.0 Å². The Balaban J connectivity index is 2.08. The zero-order valence-corrected chi connectivity index (χ0v) is 12.9. The Morgan fingerprint density at radius 2 is 2.05 bits per heavy atom. The van der Waals surface area contributed by atoms with Gasteiger partial charge < -0.3 is 5.32 Å². The zero-order chi connectivity index (χ0) is 13.7. The molecule has 0 radical (unpaired) electrons. The molecule has 6 heteroatoms.